The lowest BCUT2D eigenvalue weighted by atomic mass is 10.1. The highest BCUT2D eigenvalue weighted by Gasteiger charge is 2.30. The first-order valence-corrected chi connectivity index (χ1v) is 5.69. The molecular formula is C10H9BrN2O4. The second-order valence-electron chi connectivity index (χ2n) is 3.79. The van der Waals surface area contributed by atoms with E-state index in [0.717, 1.165) is 0 Å². The van der Waals surface area contributed by atoms with E-state index in [1.54, 1.807) is 0 Å². The molecule has 1 aromatic carbocycles. The van der Waals surface area contributed by atoms with Gasteiger partial charge in [0.25, 0.3) is 11.6 Å². The summed E-state index contributed by atoms with van der Waals surface area (Å²) >= 11 is 3.14. The van der Waals surface area contributed by atoms with E-state index in [2.05, 4.69) is 15.9 Å². The Labute approximate surface area is 105 Å². The van der Waals surface area contributed by atoms with Crippen molar-refractivity contribution in [3.8, 4) is 0 Å². The number of β-amino-alcohol motifs (C(OH)–C–C–N with tert-alkyl or cyclic N) is 1. The SMILES string of the molecule is O=C(c1ccc([N+](=O)[O-])cc1Br)N1CC(O)C1. The third-order valence-corrected chi connectivity index (χ3v) is 3.20. The van der Waals surface area contributed by atoms with Gasteiger partial charge in [-0.3, -0.25) is 14.9 Å². The van der Waals surface area contributed by atoms with Crippen LogP contribution in [0.4, 0.5) is 5.69 Å². The predicted molar refractivity (Wildman–Crippen MR) is 62.7 cm³/mol. The third-order valence-electron chi connectivity index (χ3n) is 2.54. The maximum absolute atomic E-state index is 11.9. The quantitative estimate of drug-likeness (QED) is 0.656. The van der Waals surface area contributed by atoms with Crippen LogP contribution in [-0.4, -0.2) is 40.0 Å². The van der Waals surface area contributed by atoms with E-state index >= 15 is 0 Å². The van der Waals surface area contributed by atoms with Crippen LogP contribution in [0.2, 0.25) is 0 Å². The van der Waals surface area contributed by atoms with Gasteiger partial charge in [-0.15, -0.1) is 0 Å². The Hall–Kier alpha value is -1.47. The molecule has 1 N–H and O–H groups in total. The van der Waals surface area contributed by atoms with Crippen LogP contribution in [0.25, 0.3) is 0 Å². The molecule has 1 aromatic rings. The summed E-state index contributed by atoms with van der Waals surface area (Å²) in [4.78, 5) is 23.4. The van der Waals surface area contributed by atoms with Gasteiger partial charge >= 0.3 is 0 Å². The van der Waals surface area contributed by atoms with E-state index < -0.39 is 11.0 Å². The first kappa shape index (κ1) is 12.0. The number of carbonyl (C=O) groups excluding carboxylic acids is 1. The highest BCUT2D eigenvalue weighted by molar-refractivity contribution is 9.10. The van der Waals surface area contributed by atoms with Gasteiger partial charge in [0.05, 0.1) is 16.6 Å². The van der Waals surface area contributed by atoms with Gasteiger partial charge in [-0.2, -0.15) is 0 Å². The number of hydrogen-bond donors (Lipinski definition) is 1. The molecule has 1 heterocycles. The van der Waals surface area contributed by atoms with Crippen LogP contribution in [0.1, 0.15) is 10.4 Å². The van der Waals surface area contributed by atoms with Gasteiger partial charge in [-0.1, -0.05) is 0 Å². The van der Waals surface area contributed by atoms with Crippen LogP contribution in [0.15, 0.2) is 22.7 Å². The molecular weight excluding hydrogens is 292 g/mol. The molecule has 0 saturated carbocycles. The van der Waals surface area contributed by atoms with Crippen molar-refractivity contribution in [1.29, 1.82) is 0 Å². The fourth-order valence-electron chi connectivity index (χ4n) is 1.58. The highest BCUT2D eigenvalue weighted by atomic mass is 79.9. The minimum absolute atomic E-state index is 0.0722. The lowest BCUT2D eigenvalue weighted by Crippen LogP contribution is -2.53. The molecule has 0 atom stereocenters. The number of rotatable bonds is 2. The lowest BCUT2D eigenvalue weighted by molar-refractivity contribution is -0.384. The molecule has 90 valence electrons. The summed E-state index contributed by atoms with van der Waals surface area (Å²) in [5.74, 6) is -0.239. The van der Waals surface area contributed by atoms with Crippen molar-refractivity contribution in [2.75, 3.05) is 13.1 Å². The Bertz CT molecular complexity index is 485. The molecule has 0 spiro atoms. The van der Waals surface area contributed by atoms with Crippen molar-refractivity contribution in [3.05, 3.63) is 38.3 Å². The van der Waals surface area contributed by atoms with Gasteiger partial charge in [0.1, 0.15) is 0 Å². The maximum Gasteiger partial charge on any atom is 0.270 e. The number of aliphatic hydroxyl groups excluding tert-OH is 1. The molecule has 2 rings (SSSR count). The van der Waals surface area contributed by atoms with Crippen molar-refractivity contribution in [2.24, 2.45) is 0 Å². The van der Waals surface area contributed by atoms with Crippen LogP contribution in [-0.2, 0) is 0 Å². The van der Waals surface area contributed by atoms with E-state index in [4.69, 9.17) is 5.11 Å². The van der Waals surface area contributed by atoms with Gasteiger partial charge in [0.15, 0.2) is 0 Å². The molecule has 0 aromatic heterocycles. The van der Waals surface area contributed by atoms with Crippen LogP contribution in [0.5, 0.6) is 0 Å². The average molecular weight is 301 g/mol. The molecule has 1 aliphatic rings. The van der Waals surface area contributed by atoms with Crippen LogP contribution >= 0.6 is 15.9 Å². The summed E-state index contributed by atoms with van der Waals surface area (Å²) in [5.41, 5.74) is 0.291. The molecule has 1 fully saturated rings. The molecule has 1 amide bonds. The molecule has 7 heteroatoms. The number of aliphatic hydroxyl groups is 1. The number of nitro groups is 1. The lowest BCUT2D eigenvalue weighted by Gasteiger charge is -2.36. The van der Waals surface area contributed by atoms with Crippen LogP contribution < -0.4 is 0 Å². The second kappa shape index (κ2) is 4.42. The number of hydrogen-bond acceptors (Lipinski definition) is 4. The van der Waals surface area contributed by atoms with E-state index in [1.165, 1.54) is 23.1 Å². The van der Waals surface area contributed by atoms with E-state index in [-0.39, 0.29) is 11.6 Å². The Morgan fingerprint density at radius 2 is 2.18 bits per heavy atom. The Kier molecular flexibility index (Phi) is 3.12. The summed E-state index contributed by atoms with van der Waals surface area (Å²) in [6.07, 6.45) is -0.462. The third kappa shape index (κ3) is 2.29. The minimum Gasteiger partial charge on any atom is -0.389 e. The molecule has 0 aliphatic carbocycles. The summed E-state index contributed by atoms with van der Waals surface area (Å²) in [5, 5.41) is 19.6. The second-order valence-corrected chi connectivity index (χ2v) is 4.64. The van der Waals surface area contributed by atoms with Gasteiger partial charge in [-0.25, -0.2) is 0 Å². The van der Waals surface area contributed by atoms with Crippen molar-refractivity contribution in [3.63, 3.8) is 0 Å². The molecule has 17 heavy (non-hydrogen) atoms. The standard InChI is InChI=1S/C10H9BrN2O4/c11-9-3-6(13(16)17)1-2-8(9)10(15)12-4-7(14)5-12/h1-3,7,14H,4-5H2. The fraction of sp³-hybridized carbons (Fsp3) is 0.300. The molecule has 6 nitrogen and oxygen atoms in total. The zero-order valence-electron chi connectivity index (χ0n) is 8.67. The number of nitrogens with zero attached hydrogens (tertiary/aromatic N) is 2. The Morgan fingerprint density at radius 1 is 1.53 bits per heavy atom. The van der Waals surface area contributed by atoms with Gasteiger partial charge < -0.3 is 10.0 Å². The highest BCUT2D eigenvalue weighted by Crippen LogP contribution is 2.25. The predicted octanol–water partition coefficient (Wildman–Crippen LogP) is 1.17. The number of carbonyl (C=O) groups is 1. The largest absolute Gasteiger partial charge is 0.389 e. The Morgan fingerprint density at radius 3 is 2.65 bits per heavy atom. The van der Waals surface area contributed by atoms with Gasteiger partial charge in [0, 0.05) is 29.7 Å². The molecule has 1 saturated heterocycles. The number of amides is 1. The zero-order chi connectivity index (χ0) is 12.6. The van der Waals surface area contributed by atoms with Crippen LogP contribution in [0, 0.1) is 10.1 Å². The fourth-order valence-corrected chi connectivity index (χ4v) is 2.12. The first-order chi connectivity index (χ1) is 7.99. The minimum atomic E-state index is -0.521. The molecule has 0 unspecified atom stereocenters. The number of halogens is 1. The normalized spacial score (nSPS) is 15.5. The Balaban J connectivity index is 2.22. The molecule has 0 bridgehead atoms. The summed E-state index contributed by atoms with van der Waals surface area (Å²) in [7, 11) is 0. The van der Waals surface area contributed by atoms with Crippen molar-refractivity contribution in [2.45, 2.75) is 6.10 Å². The van der Waals surface area contributed by atoms with E-state index in [9.17, 15) is 14.9 Å². The summed E-state index contributed by atoms with van der Waals surface area (Å²) in [6.45, 7) is 0.616. The smallest absolute Gasteiger partial charge is 0.270 e. The first-order valence-electron chi connectivity index (χ1n) is 4.90. The maximum atomic E-state index is 11.9. The van der Waals surface area contributed by atoms with Crippen molar-refractivity contribution < 1.29 is 14.8 Å². The number of benzene rings is 1. The molecule has 1 aliphatic heterocycles. The average Bonchev–Trinajstić information content (AvgIpc) is 2.23. The van der Waals surface area contributed by atoms with E-state index in [0.29, 0.717) is 23.1 Å². The number of nitro benzene ring substituents is 1. The van der Waals surface area contributed by atoms with Crippen LogP contribution in [0.3, 0.4) is 0 Å². The topological polar surface area (TPSA) is 83.7 Å². The van der Waals surface area contributed by atoms with Crippen molar-refractivity contribution in [1.82, 2.24) is 4.90 Å². The monoisotopic (exact) mass is 300 g/mol. The number of non-ortho nitro benzene ring substituents is 1. The van der Waals surface area contributed by atoms with E-state index in [1.807, 2.05) is 0 Å². The van der Waals surface area contributed by atoms with Crippen molar-refractivity contribution >= 4 is 27.5 Å². The zero-order valence-corrected chi connectivity index (χ0v) is 10.3. The summed E-state index contributed by atoms with van der Waals surface area (Å²) < 4.78 is 0.387. The summed E-state index contributed by atoms with van der Waals surface area (Å²) in [6, 6.07) is 3.99. The molecule has 0 radical (unpaired) electrons. The van der Waals surface area contributed by atoms with Gasteiger partial charge in [-0.05, 0) is 22.0 Å². The number of likely N-dealkylation sites (tertiary alicyclic amines) is 1. The van der Waals surface area contributed by atoms with Gasteiger partial charge in [0.2, 0.25) is 0 Å².